The third-order valence-corrected chi connectivity index (χ3v) is 6.02. The number of guanidine groups is 1. The normalized spacial score (nSPS) is 27.9. The number of piperazine rings is 1. The lowest BCUT2D eigenvalue weighted by atomic mass is 10.0. The van der Waals surface area contributed by atoms with Gasteiger partial charge >= 0.3 is 0 Å². The molecular weight excluding hydrogens is 342 g/mol. The summed E-state index contributed by atoms with van der Waals surface area (Å²) in [6.07, 6.45) is 5.66. The smallest absolute Gasteiger partial charge is 0.251 e. The van der Waals surface area contributed by atoms with Crippen LogP contribution >= 0.6 is 0 Å². The Morgan fingerprint density at radius 3 is 2.52 bits per heavy atom. The molecule has 3 saturated heterocycles. The Balaban J connectivity index is 1.47. The molecule has 7 nitrogen and oxygen atoms in total. The van der Waals surface area contributed by atoms with Gasteiger partial charge in [0.25, 0.3) is 5.91 Å². The van der Waals surface area contributed by atoms with Gasteiger partial charge in [-0.1, -0.05) is 6.42 Å². The Morgan fingerprint density at radius 2 is 1.85 bits per heavy atom. The van der Waals surface area contributed by atoms with Crippen molar-refractivity contribution >= 4 is 11.9 Å². The monoisotopic (exact) mass is 379 g/mol. The Kier molecular flexibility index (Phi) is 7.76. The summed E-state index contributed by atoms with van der Waals surface area (Å²) in [6, 6.07) is 0.684. The van der Waals surface area contributed by atoms with Gasteiger partial charge in [0, 0.05) is 51.9 Å². The van der Waals surface area contributed by atoms with Gasteiger partial charge in [-0.3, -0.25) is 14.7 Å². The van der Waals surface area contributed by atoms with Crippen molar-refractivity contribution < 1.29 is 9.53 Å². The molecule has 3 fully saturated rings. The summed E-state index contributed by atoms with van der Waals surface area (Å²) >= 11 is 0. The zero-order chi connectivity index (χ0) is 19.1. The molecule has 0 aromatic heterocycles. The first-order chi connectivity index (χ1) is 13.2. The number of aliphatic imine (C=N–C) groups is 1. The van der Waals surface area contributed by atoms with Gasteiger partial charge in [0.15, 0.2) is 5.96 Å². The highest BCUT2D eigenvalue weighted by Crippen LogP contribution is 2.17. The van der Waals surface area contributed by atoms with Crippen molar-refractivity contribution in [2.75, 3.05) is 59.0 Å². The van der Waals surface area contributed by atoms with Crippen LogP contribution in [0.15, 0.2) is 4.99 Å². The fourth-order valence-corrected chi connectivity index (χ4v) is 4.31. The number of hydrogen-bond donors (Lipinski definition) is 1. The number of ether oxygens (including phenoxy) is 1. The van der Waals surface area contributed by atoms with E-state index in [9.17, 15) is 4.79 Å². The molecule has 0 aliphatic carbocycles. The van der Waals surface area contributed by atoms with E-state index in [0.29, 0.717) is 6.04 Å². The summed E-state index contributed by atoms with van der Waals surface area (Å²) in [7, 11) is 0. The lowest BCUT2D eigenvalue weighted by Gasteiger charge is -2.37. The standard InChI is InChI=1S/C20H37N5O2/c1-3-21-20(22-9-11-23-10-5-4-7-17(23)2)25-14-12-24(13-15-25)19(26)18-8-6-16-27-18/h17-18H,3-16H2,1-2H3,(H,21,22). The highest BCUT2D eigenvalue weighted by molar-refractivity contribution is 5.82. The maximum atomic E-state index is 12.5. The molecule has 0 radical (unpaired) electrons. The zero-order valence-corrected chi connectivity index (χ0v) is 17.2. The quantitative estimate of drug-likeness (QED) is 0.574. The largest absolute Gasteiger partial charge is 0.368 e. The summed E-state index contributed by atoms with van der Waals surface area (Å²) in [5, 5.41) is 3.43. The van der Waals surface area contributed by atoms with E-state index in [1.54, 1.807) is 0 Å². The van der Waals surface area contributed by atoms with E-state index in [1.165, 1.54) is 25.8 Å². The first-order valence-corrected chi connectivity index (χ1v) is 10.9. The van der Waals surface area contributed by atoms with E-state index in [1.807, 2.05) is 4.90 Å². The van der Waals surface area contributed by atoms with Crippen LogP contribution in [0.4, 0.5) is 0 Å². The first-order valence-electron chi connectivity index (χ1n) is 10.9. The number of hydrogen-bond acceptors (Lipinski definition) is 4. The Hall–Kier alpha value is -1.34. The second-order valence-electron chi connectivity index (χ2n) is 7.93. The summed E-state index contributed by atoms with van der Waals surface area (Å²) in [5.74, 6) is 1.17. The van der Waals surface area contributed by atoms with Crippen LogP contribution < -0.4 is 5.32 Å². The summed E-state index contributed by atoms with van der Waals surface area (Å²) in [5.41, 5.74) is 0. The highest BCUT2D eigenvalue weighted by atomic mass is 16.5. The van der Waals surface area contributed by atoms with Crippen LogP contribution in [-0.4, -0.2) is 97.7 Å². The van der Waals surface area contributed by atoms with Gasteiger partial charge < -0.3 is 19.9 Å². The third-order valence-electron chi connectivity index (χ3n) is 6.02. The van der Waals surface area contributed by atoms with Crippen LogP contribution in [0.25, 0.3) is 0 Å². The Labute approximate surface area is 164 Å². The van der Waals surface area contributed by atoms with Crippen molar-refractivity contribution in [3.8, 4) is 0 Å². The predicted molar refractivity (Wildman–Crippen MR) is 108 cm³/mol. The molecule has 7 heteroatoms. The lowest BCUT2D eigenvalue weighted by molar-refractivity contribution is -0.142. The Morgan fingerprint density at radius 1 is 1.07 bits per heavy atom. The molecule has 3 aliphatic rings. The van der Waals surface area contributed by atoms with Crippen LogP contribution in [0, 0.1) is 0 Å². The van der Waals surface area contributed by atoms with Gasteiger partial charge in [-0.15, -0.1) is 0 Å². The fraction of sp³-hybridized carbons (Fsp3) is 0.900. The van der Waals surface area contributed by atoms with Crippen LogP contribution in [0.2, 0.25) is 0 Å². The molecule has 0 aromatic carbocycles. The van der Waals surface area contributed by atoms with E-state index in [2.05, 4.69) is 29.0 Å². The SMILES string of the molecule is CCNC(=NCCN1CCCCC1C)N1CCN(C(=O)C2CCCO2)CC1. The van der Waals surface area contributed by atoms with E-state index in [4.69, 9.17) is 9.73 Å². The molecular formula is C20H37N5O2. The van der Waals surface area contributed by atoms with Crippen LogP contribution in [-0.2, 0) is 9.53 Å². The minimum atomic E-state index is -0.204. The van der Waals surface area contributed by atoms with Gasteiger partial charge in [0.1, 0.15) is 6.10 Å². The summed E-state index contributed by atoms with van der Waals surface area (Å²) < 4.78 is 5.55. The molecule has 1 N–H and O–H groups in total. The van der Waals surface area contributed by atoms with Crippen molar-refractivity contribution in [2.24, 2.45) is 4.99 Å². The molecule has 0 spiro atoms. The number of carbonyl (C=O) groups is 1. The van der Waals surface area contributed by atoms with E-state index in [-0.39, 0.29) is 12.0 Å². The van der Waals surface area contributed by atoms with Crippen LogP contribution in [0.3, 0.4) is 0 Å². The van der Waals surface area contributed by atoms with Gasteiger partial charge in [-0.05, 0) is 46.1 Å². The molecule has 0 aromatic rings. The molecule has 3 aliphatic heterocycles. The molecule has 0 bridgehead atoms. The molecule has 3 heterocycles. The minimum absolute atomic E-state index is 0.174. The Bertz CT molecular complexity index is 499. The van der Waals surface area contributed by atoms with Gasteiger partial charge in [-0.25, -0.2) is 0 Å². The number of rotatable bonds is 5. The van der Waals surface area contributed by atoms with Crippen molar-refractivity contribution in [3.63, 3.8) is 0 Å². The number of carbonyl (C=O) groups excluding carboxylic acids is 1. The van der Waals surface area contributed by atoms with E-state index >= 15 is 0 Å². The molecule has 2 atom stereocenters. The molecule has 0 saturated carbocycles. The van der Waals surface area contributed by atoms with Crippen molar-refractivity contribution in [1.82, 2.24) is 20.0 Å². The number of nitrogens with zero attached hydrogens (tertiary/aromatic N) is 4. The average Bonchev–Trinajstić information content (AvgIpc) is 3.23. The predicted octanol–water partition coefficient (Wildman–Crippen LogP) is 1.15. The van der Waals surface area contributed by atoms with Gasteiger partial charge in [-0.2, -0.15) is 0 Å². The van der Waals surface area contributed by atoms with Crippen LogP contribution in [0.5, 0.6) is 0 Å². The zero-order valence-electron chi connectivity index (χ0n) is 17.2. The van der Waals surface area contributed by atoms with Crippen LogP contribution in [0.1, 0.15) is 46.0 Å². The molecule has 27 heavy (non-hydrogen) atoms. The topological polar surface area (TPSA) is 60.4 Å². The number of piperidine rings is 1. The van der Waals surface area contributed by atoms with E-state index < -0.39 is 0 Å². The average molecular weight is 380 g/mol. The van der Waals surface area contributed by atoms with Gasteiger partial charge in [0.05, 0.1) is 6.54 Å². The summed E-state index contributed by atoms with van der Waals surface area (Å²) in [6.45, 7) is 12.3. The van der Waals surface area contributed by atoms with E-state index in [0.717, 1.165) is 71.2 Å². The second kappa shape index (κ2) is 10.3. The summed E-state index contributed by atoms with van der Waals surface area (Å²) in [4.78, 5) is 24.2. The fourth-order valence-electron chi connectivity index (χ4n) is 4.31. The third kappa shape index (κ3) is 5.57. The molecule has 154 valence electrons. The first kappa shape index (κ1) is 20.4. The minimum Gasteiger partial charge on any atom is -0.368 e. The number of nitrogens with one attached hydrogen (secondary N) is 1. The lowest BCUT2D eigenvalue weighted by Crippen LogP contribution is -2.55. The maximum Gasteiger partial charge on any atom is 0.251 e. The second-order valence-corrected chi connectivity index (χ2v) is 7.93. The molecule has 1 amide bonds. The van der Waals surface area contributed by atoms with Crippen molar-refractivity contribution in [1.29, 1.82) is 0 Å². The molecule has 2 unspecified atom stereocenters. The maximum absolute atomic E-state index is 12.5. The number of likely N-dealkylation sites (tertiary alicyclic amines) is 1. The van der Waals surface area contributed by atoms with Crippen molar-refractivity contribution in [2.45, 2.75) is 58.1 Å². The van der Waals surface area contributed by atoms with Crippen molar-refractivity contribution in [3.05, 3.63) is 0 Å². The number of amides is 1. The highest BCUT2D eigenvalue weighted by Gasteiger charge is 2.30. The molecule has 3 rings (SSSR count). The van der Waals surface area contributed by atoms with Gasteiger partial charge in [0.2, 0.25) is 0 Å².